The van der Waals surface area contributed by atoms with E-state index in [1.807, 2.05) is 6.07 Å². The molecular weight excluding hydrogens is 396 g/mol. The third-order valence-electron chi connectivity index (χ3n) is 5.90. The molecule has 0 aromatic heterocycles. The summed E-state index contributed by atoms with van der Waals surface area (Å²) in [5, 5.41) is 0. The molecule has 2 aliphatic heterocycles. The molecule has 2 aromatic rings. The SMILES string of the molecule is O=C1c2ccccc2S(=O)(=O)N1CCCCN1CCCC(/C=C/c2ccccc2)C1. The first-order chi connectivity index (χ1) is 14.6. The summed E-state index contributed by atoms with van der Waals surface area (Å²) in [4.78, 5) is 15.1. The van der Waals surface area contributed by atoms with Crippen molar-refractivity contribution in [3.8, 4) is 0 Å². The van der Waals surface area contributed by atoms with Crippen molar-refractivity contribution in [2.24, 2.45) is 5.92 Å². The van der Waals surface area contributed by atoms with Crippen molar-refractivity contribution in [1.82, 2.24) is 9.21 Å². The Bertz CT molecular complexity index is 1020. The molecule has 0 bridgehead atoms. The molecule has 0 saturated carbocycles. The Morgan fingerprint density at radius 3 is 2.50 bits per heavy atom. The van der Waals surface area contributed by atoms with Crippen molar-refractivity contribution < 1.29 is 13.2 Å². The van der Waals surface area contributed by atoms with Crippen LogP contribution in [0.5, 0.6) is 0 Å². The van der Waals surface area contributed by atoms with E-state index < -0.39 is 15.9 Å². The first-order valence-corrected chi connectivity index (χ1v) is 12.1. The normalized spacial score (nSPS) is 21.3. The maximum atomic E-state index is 12.6. The van der Waals surface area contributed by atoms with E-state index in [0.717, 1.165) is 30.4 Å². The van der Waals surface area contributed by atoms with Gasteiger partial charge < -0.3 is 4.90 Å². The summed E-state index contributed by atoms with van der Waals surface area (Å²) in [6, 6.07) is 16.8. The van der Waals surface area contributed by atoms with Gasteiger partial charge in [0.2, 0.25) is 0 Å². The topological polar surface area (TPSA) is 57.7 Å². The number of carbonyl (C=O) groups is 1. The summed E-state index contributed by atoms with van der Waals surface area (Å²) >= 11 is 0. The van der Waals surface area contributed by atoms with Gasteiger partial charge in [-0.25, -0.2) is 12.7 Å². The van der Waals surface area contributed by atoms with Gasteiger partial charge in [0.25, 0.3) is 15.9 Å². The Hall–Kier alpha value is -2.44. The second-order valence-electron chi connectivity index (χ2n) is 8.06. The highest BCUT2D eigenvalue weighted by atomic mass is 32.2. The third kappa shape index (κ3) is 4.50. The maximum Gasteiger partial charge on any atom is 0.269 e. The maximum absolute atomic E-state index is 12.6. The molecule has 2 heterocycles. The lowest BCUT2D eigenvalue weighted by atomic mass is 9.96. The predicted octanol–water partition coefficient (Wildman–Crippen LogP) is 4.04. The van der Waals surface area contributed by atoms with Gasteiger partial charge in [-0.15, -0.1) is 0 Å². The summed E-state index contributed by atoms with van der Waals surface area (Å²) < 4.78 is 26.3. The number of carbonyl (C=O) groups excluding carboxylic acids is 1. The van der Waals surface area contributed by atoms with Crippen molar-refractivity contribution in [2.45, 2.75) is 30.6 Å². The van der Waals surface area contributed by atoms with E-state index in [9.17, 15) is 13.2 Å². The zero-order chi connectivity index (χ0) is 21.0. The lowest BCUT2D eigenvalue weighted by Crippen LogP contribution is -2.36. The number of hydrogen-bond donors (Lipinski definition) is 0. The van der Waals surface area contributed by atoms with E-state index in [2.05, 4.69) is 41.3 Å². The van der Waals surface area contributed by atoms with Crippen LogP contribution in [0.4, 0.5) is 0 Å². The van der Waals surface area contributed by atoms with Crippen LogP contribution in [-0.2, 0) is 10.0 Å². The molecule has 6 heteroatoms. The molecule has 0 N–H and O–H groups in total. The Balaban J connectivity index is 1.25. The fourth-order valence-electron chi connectivity index (χ4n) is 4.31. The molecule has 5 nitrogen and oxygen atoms in total. The van der Waals surface area contributed by atoms with Gasteiger partial charge in [0.15, 0.2) is 0 Å². The second-order valence-corrected chi connectivity index (χ2v) is 9.89. The number of unbranched alkanes of at least 4 members (excludes halogenated alkanes) is 1. The molecule has 0 aliphatic carbocycles. The summed E-state index contributed by atoms with van der Waals surface area (Å²) in [6.45, 7) is 3.31. The first kappa shape index (κ1) is 20.8. The highest BCUT2D eigenvalue weighted by molar-refractivity contribution is 7.90. The van der Waals surface area contributed by atoms with E-state index in [1.165, 1.54) is 24.5 Å². The van der Waals surface area contributed by atoms with Crippen molar-refractivity contribution in [3.63, 3.8) is 0 Å². The lowest BCUT2D eigenvalue weighted by Gasteiger charge is -2.31. The van der Waals surface area contributed by atoms with Crippen molar-refractivity contribution in [3.05, 3.63) is 71.8 Å². The molecule has 1 unspecified atom stereocenters. The number of sulfonamides is 1. The van der Waals surface area contributed by atoms with Crippen LogP contribution < -0.4 is 0 Å². The van der Waals surface area contributed by atoms with Crippen LogP contribution in [0.15, 0.2) is 65.6 Å². The smallest absolute Gasteiger partial charge is 0.269 e. The van der Waals surface area contributed by atoms with Crippen LogP contribution in [0.2, 0.25) is 0 Å². The number of rotatable bonds is 7. The summed E-state index contributed by atoms with van der Waals surface area (Å²) in [6.07, 6.45) is 8.46. The summed E-state index contributed by atoms with van der Waals surface area (Å²) in [5.74, 6) is 0.156. The van der Waals surface area contributed by atoms with E-state index in [0.29, 0.717) is 17.9 Å². The van der Waals surface area contributed by atoms with E-state index in [4.69, 9.17) is 0 Å². The fraction of sp³-hybridized carbons (Fsp3) is 0.375. The van der Waals surface area contributed by atoms with Gasteiger partial charge in [0.05, 0.1) is 5.56 Å². The number of amides is 1. The standard InChI is InChI=1S/C24H28N2O3S/c27-24-22-12-4-5-13-23(22)30(28,29)26(24)18-7-6-16-25-17-8-11-21(19-25)15-14-20-9-2-1-3-10-20/h1-5,9-10,12-15,21H,6-8,11,16-19H2/b15-14+. The zero-order valence-corrected chi connectivity index (χ0v) is 17.9. The van der Waals surface area contributed by atoms with Gasteiger partial charge in [0, 0.05) is 13.1 Å². The molecule has 4 rings (SSSR count). The second kappa shape index (κ2) is 9.14. The Kier molecular flexibility index (Phi) is 6.35. The van der Waals surface area contributed by atoms with Crippen LogP contribution in [0, 0.1) is 5.92 Å². The van der Waals surface area contributed by atoms with Crippen LogP contribution in [-0.4, -0.2) is 49.7 Å². The summed E-state index contributed by atoms with van der Waals surface area (Å²) in [5.41, 5.74) is 1.52. The Morgan fingerprint density at radius 1 is 0.967 bits per heavy atom. The van der Waals surface area contributed by atoms with Crippen LogP contribution in [0.25, 0.3) is 6.08 Å². The van der Waals surface area contributed by atoms with Crippen molar-refractivity contribution in [1.29, 1.82) is 0 Å². The minimum atomic E-state index is -3.68. The molecule has 158 valence electrons. The summed E-state index contributed by atoms with van der Waals surface area (Å²) in [7, 11) is -3.68. The molecule has 1 atom stereocenters. The number of benzene rings is 2. The number of nitrogens with zero attached hydrogens (tertiary/aromatic N) is 2. The lowest BCUT2D eigenvalue weighted by molar-refractivity contribution is 0.0868. The van der Waals surface area contributed by atoms with Crippen molar-refractivity contribution in [2.75, 3.05) is 26.2 Å². The molecule has 1 saturated heterocycles. The van der Waals surface area contributed by atoms with Crippen LogP contribution >= 0.6 is 0 Å². The van der Waals surface area contributed by atoms with Gasteiger partial charge in [-0.1, -0.05) is 54.6 Å². The van der Waals surface area contributed by atoms with Gasteiger partial charge >= 0.3 is 0 Å². The minimum Gasteiger partial charge on any atom is -0.303 e. The van der Waals surface area contributed by atoms with Crippen molar-refractivity contribution >= 4 is 22.0 Å². The molecule has 1 fully saturated rings. The predicted molar refractivity (Wildman–Crippen MR) is 119 cm³/mol. The molecular formula is C24H28N2O3S. The number of piperidine rings is 1. The number of hydrogen-bond acceptors (Lipinski definition) is 4. The Morgan fingerprint density at radius 2 is 1.70 bits per heavy atom. The zero-order valence-electron chi connectivity index (χ0n) is 17.1. The van der Waals surface area contributed by atoms with Gasteiger partial charge in [-0.3, -0.25) is 4.79 Å². The molecule has 2 aromatic carbocycles. The van der Waals surface area contributed by atoms with E-state index in [-0.39, 0.29) is 11.4 Å². The minimum absolute atomic E-state index is 0.138. The van der Waals surface area contributed by atoms with E-state index >= 15 is 0 Å². The van der Waals surface area contributed by atoms with Crippen LogP contribution in [0.1, 0.15) is 41.6 Å². The highest BCUT2D eigenvalue weighted by Crippen LogP contribution is 2.30. The average Bonchev–Trinajstić information content (AvgIpc) is 2.97. The highest BCUT2D eigenvalue weighted by Gasteiger charge is 2.40. The quantitative estimate of drug-likeness (QED) is 0.630. The number of fused-ring (bicyclic) bond motifs is 1. The molecule has 30 heavy (non-hydrogen) atoms. The molecule has 1 amide bonds. The molecule has 0 radical (unpaired) electrons. The average molecular weight is 425 g/mol. The molecule has 2 aliphatic rings. The first-order valence-electron chi connectivity index (χ1n) is 10.7. The van der Waals surface area contributed by atoms with Gasteiger partial charge in [-0.05, 0) is 62.4 Å². The fourth-order valence-corrected chi connectivity index (χ4v) is 5.91. The van der Waals surface area contributed by atoms with E-state index in [1.54, 1.807) is 18.2 Å². The molecule has 0 spiro atoms. The monoisotopic (exact) mass is 424 g/mol. The van der Waals surface area contributed by atoms with Gasteiger partial charge in [-0.2, -0.15) is 0 Å². The van der Waals surface area contributed by atoms with Crippen LogP contribution in [0.3, 0.4) is 0 Å². The van der Waals surface area contributed by atoms with Gasteiger partial charge in [0.1, 0.15) is 4.90 Å². The third-order valence-corrected chi connectivity index (χ3v) is 7.74. The number of likely N-dealkylation sites (tertiary alicyclic amines) is 1. The Labute approximate surface area is 179 Å². The largest absolute Gasteiger partial charge is 0.303 e.